The van der Waals surface area contributed by atoms with Gasteiger partial charge in [0.15, 0.2) is 0 Å². The zero-order valence-electron chi connectivity index (χ0n) is 13.4. The lowest BCUT2D eigenvalue weighted by atomic mass is 9.79. The highest BCUT2D eigenvalue weighted by molar-refractivity contribution is 5.83. The van der Waals surface area contributed by atoms with Crippen molar-refractivity contribution in [2.45, 2.75) is 25.6 Å². The zero-order chi connectivity index (χ0) is 17.8. The van der Waals surface area contributed by atoms with Gasteiger partial charge in [0.05, 0.1) is 18.1 Å². The lowest BCUT2D eigenvalue weighted by Gasteiger charge is -2.34. The highest BCUT2D eigenvalue weighted by atomic mass is 19.4. The Hall–Kier alpha value is -1.80. The fourth-order valence-corrected chi connectivity index (χ4v) is 2.75. The summed E-state index contributed by atoms with van der Waals surface area (Å²) >= 11 is 0. The lowest BCUT2D eigenvalue weighted by Crippen LogP contribution is -2.49. The van der Waals surface area contributed by atoms with Gasteiger partial charge in [-0.1, -0.05) is 6.07 Å². The summed E-state index contributed by atoms with van der Waals surface area (Å²) in [7, 11) is 1.30. The first kappa shape index (κ1) is 18.5. The predicted octanol–water partition coefficient (Wildman–Crippen LogP) is 2.09. The maximum atomic E-state index is 13.2. The Bertz CT molecular complexity index is 584. The van der Waals surface area contributed by atoms with E-state index in [1.54, 1.807) is 0 Å². The Morgan fingerprint density at radius 3 is 2.58 bits per heavy atom. The van der Waals surface area contributed by atoms with Crippen molar-refractivity contribution < 1.29 is 27.4 Å². The molecular formula is C16H21F3N2O3. The number of halogens is 3. The molecule has 24 heavy (non-hydrogen) atoms. The molecule has 1 aliphatic rings. The Morgan fingerprint density at radius 2 is 2.04 bits per heavy atom. The second kappa shape index (κ2) is 7.40. The second-order valence-corrected chi connectivity index (χ2v) is 5.80. The van der Waals surface area contributed by atoms with Crippen LogP contribution in [0.3, 0.4) is 0 Å². The number of carbonyl (C=O) groups excluding carboxylic acids is 1. The number of hydrogen-bond acceptors (Lipinski definition) is 4. The predicted molar refractivity (Wildman–Crippen MR) is 81.4 cm³/mol. The molecule has 0 unspecified atom stereocenters. The molecule has 0 atom stereocenters. The molecule has 5 nitrogen and oxygen atoms in total. The summed E-state index contributed by atoms with van der Waals surface area (Å²) in [5.41, 5.74) is 4.12. The molecule has 1 aromatic rings. The van der Waals surface area contributed by atoms with Crippen LogP contribution in [-0.2, 0) is 22.3 Å². The molecule has 0 aromatic heterocycles. The highest BCUT2D eigenvalue weighted by Gasteiger charge is 2.39. The molecule has 0 aliphatic carbocycles. The number of nitrogens with two attached hydrogens (primary N) is 1. The van der Waals surface area contributed by atoms with Crippen molar-refractivity contribution in [2.75, 3.05) is 26.9 Å². The first-order valence-electron chi connectivity index (χ1n) is 7.62. The van der Waals surface area contributed by atoms with Gasteiger partial charge in [-0.05, 0) is 30.5 Å². The molecule has 2 rings (SSSR count). The van der Waals surface area contributed by atoms with Gasteiger partial charge < -0.3 is 20.5 Å². The van der Waals surface area contributed by atoms with E-state index in [1.807, 2.05) is 0 Å². The standard InChI is InChI=1S/C16H21F3N2O3/c1-23-12-3-2-11(13(8-12)16(17,18)19)9-21-14(22)15(10-20)4-6-24-7-5-15/h2-3,8H,4-7,9-10,20H2,1H3,(H,21,22). The number of methoxy groups -OCH3 is 1. The maximum Gasteiger partial charge on any atom is 0.416 e. The molecule has 3 N–H and O–H groups in total. The number of carbonyl (C=O) groups is 1. The molecule has 0 spiro atoms. The van der Waals surface area contributed by atoms with Crippen molar-refractivity contribution >= 4 is 5.91 Å². The van der Waals surface area contributed by atoms with Gasteiger partial charge >= 0.3 is 6.18 Å². The van der Waals surface area contributed by atoms with Crippen LogP contribution < -0.4 is 15.8 Å². The zero-order valence-corrected chi connectivity index (χ0v) is 13.4. The van der Waals surface area contributed by atoms with Crippen molar-refractivity contribution in [3.63, 3.8) is 0 Å². The van der Waals surface area contributed by atoms with Gasteiger partial charge in [0.2, 0.25) is 5.91 Å². The summed E-state index contributed by atoms with van der Waals surface area (Å²) in [6.45, 7) is 0.749. The molecule has 0 bridgehead atoms. The minimum Gasteiger partial charge on any atom is -0.497 e. The van der Waals surface area contributed by atoms with Crippen molar-refractivity contribution in [3.8, 4) is 5.75 Å². The highest BCUT2D eigenvalue weighted by Crippen LogP contribution is 2.35. The fraction of sp³-hybridized carbons (Fsp3) is 0.562. The van der Waals surface area contributed by atoms with E-state index in [0.29, 0.717) is 26.1 Å². The van der Waals surface area contributed by atoms with Crippen LogP contribution in [0.25, 0.3) is 0 Å². The average molecular weight is 346 g/mol. The van der Waals surface area contributed by atoms with Crippen LogP contribution in [0.15, 0.2) is 18.2 Å². The molecule has 1 aromatic carbocycles. The normalized spacial score (nSPS) is 17.4. The molecule has 1 saturated heterocycles. The smallest absolute Gasteiger partial charge is 0.416 e. The maximum absolute atomic E-state index is 13.2. The molecule has 1 fully saturated rings. The van der Waals surface area contributed by atoms with Gasteiger partial charge in [-0.25, -0.2) is 0 Å². The first-order valence-corrected chi connectivity index (χ1v) is 7.62. The van der Waals surface area contributed by atoms with Gasteiger partial charge in [-0.3, -0.25) is 4.79 Å². The second-order valence-electron chi connectivity index (χ2n) is 5.80. The SMILES string of the molecule is COc1ccc(CNC(=O)C2(CN)CCOCC2)c(C(F)(F)F)c1. The summed E-state index contributed by atoms with van der Waals surface area (Å²) in [4.78, 5) is 12.5. The number of nitrogens with one attached hydrogen (secondary N) is 1. The van der Waals surface area contributed by atoms with Crippen LogP contribution in [0.5, 0.6) is 5.75 Å². The largest absolute Gasteiger partial charge is 0.497 e. The van der Waals surface area contributed by atoms with E-state index in [-0.39, 0.29) is 30.3 Å². The number of alkyl halides is 3. The topological polar surface area (TPSA) is 73.6 Å². The van der Waals surface area contributed by atoms with E-state index in [1.165, 1.54) is 19.2 Å². The fourth-order valence-electron chi connectivity index (χ4n) is 2.75. The van der Waals surface area contributed by atoms with Gasteiger partial charge in [0.25, 0.3) is 0 Å². The molecule has 0 radical (unpaired) electrons. The number of amides is 1. The Balaban J connectivity index is 2.15. The van der Waals surface area contributed by atoms with E-state index < -0.39 is 17.2 Å². The van der Waals surface area contributed by atoms with Crippen molar-refractivity contribution in [3.05, 3.63) is 29.3 Å². The summed E-state index contributed by atoms with van der Waals surface area (Å²) in [6, 6.07) is 3.67. The average Bonchev–Trinajstić information content (AvgIpc) is 2.59. The quantitative estimate of drug-likeness (QED) is 0.856. The molecule has 1 amide bonds. The minimum absolute atomic E-state index is 0.0177. The molecule has 0 saturated carbocycles. The first-order chi connectivity index (χ1) is 11.3. The van der Waals surface area contributed by atoms with Crippen LogP contribution in [0.1, 0.15) is 24.0 Å². The van der Waals surface area contributed by atoms with Crippen LogP contribution in [0.2, 0.25) is 0 Å². The number of hydrogen-bond donors (Lipinski definition) is 2. The minimum atomic E-state index is -4.53. The Morgan fingerprint density at radius 1 is 1.38 bits per heavy atom. The molecular weight excluding hydrogens is 325 g/mol. The van der Waals surface area contributed by atoms with E-state index in [9.17, 15) is 18.0 Å². The lowest BCUT2D eigenvalue weighted by molar-refractivity contribution is -0.139. The van der Waals surface area contributed by atoms with E-state index in [0.717, 1.165) is 6.07 Å². The van der Waals surface area contributed by atoms with E-state index >= 15 is 0 Å². The Labute approximate surface area is 138 Å². The summed E-state index contributed by atoms with van der Waals surface area (Å²) in [6.07, 6.45) is -3.60. The van der Waals surface area contributed by atoms with Crippen LogP contribution >= 0.6 is 0 Å². The molecule has 134 valence electrons. The third-order valence-corrected chi connectivity index (χ3v) is 4.38. The van der Waals surface area contributed by atoms with Crippen molar-refractivity contribution in [2.24, 2.45) is 11.1 Å². The van der Waals surface area contributed by atoms with Gasteiger partial charge in [0.1, 0.15) is 5.75 Å². The molecule has 1 aliphatic heterocycles. The molecule has 1 heterocycles. The summed E-state index contributed by atoms with van der Waals surface area (Å²) in [5.74, 6) is -0.225. The summed E-state index contributed by atoms with van der Waals surface area (Å²) < 4.78 is 49.6. The Kier molecular flexibility index (Phi) is 5.71. The van der Waals surface area contributed by atoms with Crippen LogP contribution in [0, 0.1) is 5.41 Å². The van der Waals surface area contributed by atoms with Gasteiger partial charge in [0, 0.05) is 26.3 Å². The number of rotatable bonds is 5. The number of ether oxygens (including phenoxy) is 2. The molecule has 8 heteroatoms. The third-order valence-electron chi connectivity index (χ3n) is 4.38. The van der Waals surface area contributed by atoms with Crippen LogP contribution in [0.4, 0.5) is 13.2 Å². The monoisotopic (exact) mass is 346 g/mol. The van der Waals surface area contributed by atoms with E-state index in [4.69, 9.17) is 15.2 Å². The van der Waals surface area contributed by atoms with Gasteiger partial charge in [-0.15, -0.1) is 0 Å². The van der Waals surface area contributed by atoms with Gasteiger partial charge in [-0.2, -0.15) is 13.2 Å². The van der Waals surface area contributed by atoms with E-state index in [2.05, 4.69) is 5.32 Å². The van der Waals surface area contributed by atoms with Crippen LogP contribution in [-0.4, -0.2) is 32.8 Å². The van der Waals surface area contributed by atoms with Crippen molar-refractivity contribution in [1.29, 1.82) is 0 Å². The third kappa shape index (κ3) is 3.99. The number of benzene rings is 1. The summed E-state index contributed by atoms with van der Waals surface area (Å²) in [5, 5.41) is 2.60. The van der Waals surface area contributed by atoms with Crippen molar-refractivity contribution in [1.82, 2.24) is 5.32 Å².